The maximum Gasteiger partial charge on any atom is 0.261 e. The zero-order valence-corrected chi connectivity index (χ0v) is 16.1. The number of sulfonamides is 1. The van der Waals surface area contributed by atoms with E-state index in [-0.39, 0.29) is 16.4 Å². The van der Waals surface area contributed by atoms with Crippen LogP contribution in [0, 0.1) is 6.92 Å². The molecule has 0 aliphatic carbocycles. The molecular formula is C19H22N2O5S. The second-order valence-corrected chi connectivity index (χ2v) is 7.92. The molecule has 8 heteroatoms. The SMILES string of the molecule is COc1ccc(S(=O)(=O)Nc2ccc(C)cc2)cc1C(=O)N1CCOCC1. The van der Waals surface area contributed by atoms with Crippen molar-refractivity contribution < 1.29 is 22.7 Å². The lowest BCUT2D eigenvalue weighted by molar-refractivity contribution is 0.0300. The number of carbonyl (C=O) groups excluding carboxylic acids is 1. The molecule has 27 heavy (non-hydrogen) atoms. The highest BCUT2D eigenvalue weighted by Gasteiger charge is 2.24. The minimum Gasteiger partial charge on any atom is -0.496 e. The van der Waals surface area contributed by atoms with Crippen LogP contribution in [0.4, 0.5) is 5.69 Å². The van der Waals surface area contributed by atoms with Gasteiger partial charge >= 0.3 is 0 Å². The number of hydrogen-bond donors (Lipinski definition) is 1. The van der Waals surface area contributed by atoms with Crippen molar-refractivity contribution in [1.82, 2.24) is 4.90 Å². The monoisotopic (exact) mass is 390 g/mol. The number of morpholine rings is 1. The first-order valence-electron chi connectivity index (χ1n) is 8.55. The molecule has 0 radical (unpaired) electrons. The number of aryl methyl sites for hydroxylation is 1. The Balaban J connectivity index is 1.91. The van der Waals surface area contributed by atoms with Crippen molar-refractivity contribution in [2.24, 2.45) is 0 Å². The van der Waals surface area contributed by atoms with E-state index in [0.29, 0.717) is 37.7 Å². The first-order valence-corrected chi connectivity index (χ1v) is 10.0. The van der Waals surface area contributed by atoms with Crippen LogP contribution in [-0.4, -0.2) is 52.6 Å². The van der Waals surface area contributed by atoms with Gasteiger partial charge in [0.2, 0.25) is 0 Å². The number of anilines is 1. The molecule has 144 valence electrons. The molecule has 0 saturated carbocycles. The van der Waals surface area contributed by atoms with Gasteiger partial charge in [-0.25, -0.2) is 8.42 Å². The van der Waals surface area contributed by atoms with Gasteiger partial charge < -0.3 is 14.4 Å². The van der Waals surface area contributed by atoms with Crippen molar-refractivity contribution in [2.45, 2.75) is 11.8 Å². The zero-order valence-electron chi connectivity index (χ0n) is 15.3. The molecule has 1 amide bonds. The number of nitrogens with zero attached hydrogens (tertiary/aromatic N) is 1. The van der Waals surface area contributed by atoms with Crippen molar-refractivity contribution in [3.8, 4) is 5.75 Å². The van der Waals surface area contributed by atoms with Crippen LogP contribution in [0.1, 0.15) is 15.9 Å². The number of carbonyl (C=O) groups is 1. The van der Waals surface area contributed by atoms with E-state index in [9.17, 15) is 13.2 Å². The van der Waals surface area contributed by atoms with Gasteiger partial charge in [0.05, 0.1) is 30.8 Å². The van der Waals surface area contributed by atoms with Crippen LogP contribution in [0.15, 0.2) is 47.4 Å². The van der Waals surface area contributed by atoms with Gasteiger partial charge in [0.15, 0.2) is 0 Å². The van der Waals surface area contributed by atoms with Gasteiger partial charge in [-0.05, 0) is 37.3 Å². The van der Waals surface area contributed by atoms with E-state index in [4.69, 9.17) is 9.47 Å². The predicted octanol–water partition coefficient (Wildman–Crippen LogP) is 2.28. The average Bonchev–Trinajstić information content (AvgIpc) is 2.69. The molecular weight excluding hydrogens is 368 g/mol. The van der Waals surface area contributed by atoms with Crippen LogP contribution in [0.2, 0.25) is 0 Å². The van der Waals surface area contributed by atoms with Crippen LogP contribution >= 0.6 is 0 Å². The highest BCUT2D eigenvalue weighted by molar-refractivity contribution is 7.92. The number of nitrogens with one attached hydrogen (secondary N) is 1. The zero-order chi connectivity index (χ0) is 19.4. The minimum absolute atomic E-state index is 0.000449. The van der Waals surface area contributed by atoms with Gasteiger partial charge in [-0.15, -0.1) is 0 Å². The molecule has 1 fully saturated rings. The van der Waals surface area contributed by atoms with E-state index >= 15 is 0 Å². The smallest absolute Gasteiger partial charge is 0.261 e. The Kier molecular flexibility index (Phi) is 5.67. The van der Waals surface area contributed by atoms with E-state index in [1.54, 1.807) is 17.0 Å². The molecule has 0 spiro atoms. The quantitative estimate of drug-likeness (QED) is 0.847. The molecule has 0 bridgehead atoms. The first-order chi connectivity index (χ1) is 12.9. The van der Waals surface area contributed by atoms with Crippen molar-refractivity contribution in [3.05, 3.63) is 53.6 Å². The Morgan fingerprint density at radius 3 is 2.41 bits per heavy atom. The van der Waals surface area contributed by atoms with Crippen LogP contribution < -0.4 is 9.46 Å². The first kappa shape index (κ1) is 19.2. The Bertz CT molecular complexity index is 920. The normalized spacial score (nSPS) is 14.7. The number of benzene rings is 2. The lowest BCUT2D eigenvalue weighted by atomic mass is 10.1. The summed E-state index contributed by atoms with van der Waals surface area (Å²) in [6, 6.07) is 11.3. The summed E-state index contributed by atoms with van der Waals surface area (Å²) in [5.74, 6) is 0.0586. The van der Waals surface area contributed by atoms with Gasteiger partial charge in [-0.2, -0.15) is 0 Å². The fraction of sp³-hybridized carbons (Fsp3) is 0.316. The minimum atomic E-state index is -3.84. The summed E-state index contributed by atoms with van der Waals surface area (Å²) in [6.45, 7) is 3.76. The summed E-state index contributed by atoms with van der Waals surface area (Å²) >= 11 is 0. The van der Waals surface area contributed by atoms with Crippen molar-refractivity contribution in [3.63, 3.8) is 0 Å². The van der Waals surface area contributed by atoms with Gasteiger partial charge in [0.1, 0.15) is 5.75 Å². The molecule has 0 aromatic heterocycles. The second-order valence-electron chi connectivity index (χ2n) is 6.24. The van der Waals surface area contributed by atoms with Crippen molar-refractivity contribution >= 4 is 21.6 Å². The van der Waals surface area contributed by atoms with Gasteiger partial charge in [-0.3, -0.25) is 9.52 Å². The largest absolute Gasteiger partial charge is 0.496 e. The van der Waals surface area contributed by atoms with E-state index in [0.717, 1.165) is 5.56 Å². The molecule has 0 atom stereocenters. The highest BCUT2D eigenvalue weighted by atomic mass is 32.2. The fourth-order valence-electron chi connectivity index (χ4n) is 2.79. The van der Waals surface area contributed by atoms with E-state index in [2.05, 4.69) is 4.72 Å². The fourth-order valence-corrected chi connectivity index (χ4v) is 3.88. The molecule has 1 aliphatic heterocycles. The van der Waals surface area contributed by atoms with Crippen LogP contribution in [-0.2, 0) is 14.8 Å². The Morgan fingerprint density at radius 2 is 1.78 bits per heavy atom. The van der Waals surface area contributed by atoms with Gasteiger partial charge in [0, 0.05) is 18.8 Å². The average molecular weight is 390 g/mol. The maximum absolute atomic E-state index is 12.8. The number of ether oxygens (including phenoxy) is 2. The molecule has 7 nitrogen and oxygen atoms in total. The number of amides is 1. The van der Waals surface area contributed by atoms with E-state index < -0.39 is 10.0 Å². The number of hydrogen-bond acceptors (Lipinski definition) is 5. The lowest BCUT2D eigenvalue weighted by Gasteiger charge is -2.27. The third kappa shape index (κ3) is 4.40. The molecule has 1 saturated heterocycles. The molecule has 3 rings (SSSR count). The maximum atomic E-state index is 12.8. The topological polar surface area (TPSA) is 84.9 Å². The Morgan fingerprint density at radius 1 is 1.11 bits per heavy atom. The van der Waals surface area contributed by atoms with Crippen LogP contribution in [0.5, 0.6) is 5.75 Å². The second kappa shape index (κ2) is 7.98. The lowest BCUT2D eigenvalue weighted by Crippen LogP contribution is -2.40. The summed E-state index contributed by atoms with van der Waals surface area (Å²) < 4.78 is 38.5. The Labute approximate surface area is 158 Å². The predicted molar refractivity (Wildman–Crippen MR) is 102 cm³/mol. The van der Waals surface area contributed by atoms with E-state index in [1.165, 1.54) is 25.3 Å². The van der Waals surface area contributed by atoms with Crippen molar-refractivity contribution in [1.29, 1.82) is 0 Å². The standard InChI is InChI=1S/C19H22N2O5S/c1-14-3-5-15(6-4-14)20-27(23,24)16-7-8-18(25-2)17(13-16)19(22)21-9-11-26-12-10-21/h3-8,13,20H,9-12H2,1-2H3. The third-order valence-corrected chi connectivity index (χ3v) is 5.69. The third-order valence-electron chi connectivity index (χ3n) is 4.31. The molecule has 1 N–H and O–H groups in total. The van der Waals surface area contributed by atoms with E-state index in [1.807, 2.05) is 19.1 Å². The van der Waals surface area contributed by atoms with Crippen molar-refractivity contribution in [2.75, 3.05) is 38.1 Å². The van der Waals surface area contributed by atoms with Gasteiger partial charge in [-0.1, -0.05) is 17.7 Å². The summed E-state index contributed by atoms with van der Waals surface area (Å²) in [7, 11) is -2.39. The Hall–Kier alpha value is -2.58. The molecule has 2 aromatic carbocycles. The van der Waals surface area contributed by atoms with Gasteiger partial charge in [0.25, 0.3) is 15.9 Å². The summed E-state index contributed by atoms with van der Waals surface area (Å²) in [4.78, 5) is 14.5. The number of rotatable bonds is 5. The van der Waals surface area contributed by atoms with Crippen LogP contribution in [0.3, 0.4) is 0 Å². The summed E-state index contributed by atoms with van der Waals surface area (Å²) in [6.07, 6.45) is 0. The highest BCUT2D eigenvalue weighted by Crippen LogP contribution is 2.26. The molecule has 2 aromatic rings. The number of methoxy groups -OCH3 is 1. The summed E-state index contributed by atoms with van der Waals surface area (Å²) in [5, 5.41) is 0. The molecule has 1 aliphatic rings. The molecule has 0 unspecified atom stereocenters. The van der Waals surface area contributed by atoms with Crippen LogP contribution in [0.25, 0.3) is 0 Å². The summed E-state index contributed by atoms with van der Waals surface area (Å²) in [5.41, 5.74) is 1.70. The molecule has 1 heterocycles.